The zero-order valence-corrected chi connectivity index (χ0v) is 17.2. The van der Waals surface area contributed by atoms with Crippen LogP contribution in [0.5, 0.6) is 11.5 Å². The maximum absolute atomic E-state index is 12.6. The summed E-state index contributed by atoms with van der Waals surface area (Å²) in [6, 6.07) is 7.11. The molecule has 0 bridgehead atoms. The Kier molecular flexibility index (Phi) is 6.39. The zero-order chi connectivity index (χ0) is 21.6. The number of pyridine rings is 1. The Balaban J connectivity index is 1.76. The summed E-state index contributed by atoms with van der Waals surface area (Å²) >= 11 is 0. The first kappa shape index (κ1) is 20.8. The highest BCUT2D eigenvalue weighted by atomic mass is 16.5. The maximum atomic E-state index is 12.6. The van der Waals surface area contributed by atoms with Gasteiger partial charge in [0.15, 0.2) is 11.5 Å². The quantitative estimate of drug-likeness (QED) is 0.512. The minimum atomic E-state index is -0.412. The number of hydrogen-bond acceptors (Lipinski definition) is 8. The van der Waals surface area contributed by atoms with Crippen LogP contribution in [0.4, 0.5) is 5.82 Å². The number of nitrogens with zero attached hydrogens (tertiary/aromatic N) is 4. The number of fused-ring (bicyclic) bond motifs is 3. The minimum Gasteiger partial charge on any atom is -0.491 e. The van der Waals surface area contributed by atoms with Crippen LogP contribution in [0.1, 0.15) is 10.4 Å². The summed E-state index contributed by atoms with van der Waals surface area (Å²) in [7, 11) is 1.56. The molecule has 10 nitrogen and oxygen atoms in total. The van der Waals surface area contributed by atoms with E-state index in [1.54, 1.807) is 25.4 Å². The number of carbonyl (C=O) groups is 1. The number of aromatic nitrogens is 3. The number of hydrogen-bond donors (Lipinski definition) is 2. The van der Waals surface area contributed by atoms with Crippen molar-refractivity contribution in [2.24, 2.45) is 10.7 Å². The topological polar surface area (TPSA) is 126 Å². The largest absolute Gasteiger partial charge is 0.491 e. The van der Waals surface area contributed by atoms with Crippen molar-refractivity contribution in [3.63, 3.8) is 0 Å². The number of amides is 1. The summed E-state index contributed by atoms with van der Waals surface area (Å²) in [5.74, 6) is 1.42. The zero-order valence-electron chi connectivity index (χ0n) is 17.2. The van der Waals surface area contributed by atoms with Gasteiger partial charge in [-0.2, -0.15) is 4.99 Å². The van der Waals surface area contributed by atoms with Crippen LogP contribution in [0.15, 0.2) is 41.7 Å². The van der Waals surface area contributed by atoms with Crippen LogP contribution in [-0.4, -0.2) is 60.5 Å². The third kappa shape index (κ3) is 4.35. The van der Waals surface area contributed by atoms with Gasteiger partial charge in [0.2, 0.25) is 5.62 Å². The number of ether oxygens (including phenoxy) is 3. The van der Waals surface area contributed by atoms with E-state index in [-0.39, 0.29) is 0 Å². The minimum absolute atomic E-state index is 0.295. The van der Waals surface area contributed by atoms with Crippen molar-refractivity contribution in [2.75, 3.05) is 45.3 Å². The molecular weight excluding hydrogens is 400 g/mol. The molecule has 31 heavy (non-hydrogen) atoms. The molecule has 0 atom stereocenters. The van der Waals surface area contributed by atoms with Crippen LogP contribution in [0.25, 0.3) is 10.9 Å². The van der Waals surface area contributed by atoms with E-state index in [1.165, 1.54) is 6.20 Å². The molecule has 0 saturated carbocycles. The van der Waals surface area contributed by atoms with Gasteiger partial charge in [0.05, 0.1) is 25.9 Å². The number of nitrogens with two attached hydrogens (primary N) is 1. The van der Waals surface area contributed by atoms with Crippen molar-refractivity contribution in [3.8, 4) is 11.5 Å². The third-order valence-electron chi connectivity index (χ3n) is 4.76. The van der Waals surface area contributed by atoms with Crippen LogP contribution in [-0.2, 0) is 11.3 Å². The average molecular weight is 424 g/mol. The summed E-state index contributed by atoms with van der Waals surface area (Å²) in [6.07, 6.45) is 3.09. The van der Waals surface area contributed by atoms with E-state index in [9.17, 15) is 4.79 Å². The number of nitrogens with one attached hydrogen (secondary N) is 1. The van der Waals surface area contributed by atoms with Gasteiger partial charge in [-0.05, 0) is 24.3 Å². The van der Waals surface area contributed by atoms with E-state index in [0.29, 0.717) is 67.7 Å². The van der Waals surface area contributed by atoms with Crippen molar-refractivity contribution < 1.29 is 19.0 Å². The third-order valence-corrected chi connectivity index (χ3v) is 4.76. The van der Waals surface area contributed by atoms with Crippen LogP contribution >= 0.6 is 0 Å². The standard InChI is InChI=1S/C21H24N6O4/c1-29-18-16(31-12-11-30-10-6-22)5-4-15-17(18)25-21(27-9-8-24-19(15)27)26-20(28)14-3-2-7-23-13-14/h2-5,7,13,24H,6,8-12,22H2,1H3. The molecule has 1 aliphatic rings. The molecule has 3 heterocycles. The van der Waals surface area contributed by atoms with Gasteiger partial charge in [-0.15, -0.1) is 0 Å². The van der Waals surface area contributed by atoms with E-state index < -0.39 is 5.91 Å². The van der Waals surface area contributed by atoms with Crippen molar-refractivity contribution in [1.29, 1.82) is 0 Å². The average Bonchev–Trinajstić information content (AvgIpc) is 3.30. The first-order chi connectivity index (χ1) is 15.2. The molecule has 0 saturated heterocycles. The fourth-order valence-electron chi connectivity index (χ4n) is 3.39. The van der Waals surface area contributed by atoms with E-state index in [0.717, 1.165) is 11.2 Å². The van der Waals surface area contributed by atoms with Crippen LogP contribution < -0.4 is 26.1 Å². The SMILES string of the molecule is COc1c(OCCOCCN)ccc2c3n(c(=NC(=O)c4cccnc4)nc12)CCN3. The second kappa shape index (κ2) is 9.54. The molecule has 1 amide bonds. The lowest BCUT2D eigenvalue weighted by Crippen LogP contribution is -2.25. The van der Waals surface area contributed by atoms with Gasteiger partial charge in [0.25, 0.3) is 5.91 Å². The van der Waals surface area contributed by atoms with Crippen LogP contribution in [0.3, 0.4) is 0 Å². The molecule has 3 N–H and O–H groups in total. The molecule has 0 radical (unpaired) electrons. The molecule has 10 heteroatoms. The molecule has 4 rings (SSSR count). The number of benzene rings is 1. The van der Waals surface area contributed by atoms with Gasteiger partial charge >= 0.3 is 0 Å². The Morgan fingerprint density at radius 1 is 1.29 bits per heavy atom. The number of anilines is 1. The molecule has 1 aliphatic heterocycles. The Bertz CT molecular complexity index is 1150. The molecule has 0 aliphatic carbocycles. The van der Waals surface area contributed by atoms with E-state index in [1.807, 2.05) is 16.7 Å². The van der Waals surface area contributed by atoms with E-state index >= 15 is 0 Å². The van der Waals surface area contributed by atoms with Gasteiger partial charge in [-0.25, -0.2) is 4.98 Å². The van der Waals surface area contributed by atoms with Crippen LogP contribution in [0, 0.1) is 0 Å². The summed E-state index contributed by atoms with van der Waals surface area (Å²) in [6.45, 7) is 3.05. The van der Waals surface area contributed by atoms with Gasteiger partial charge in [0, 0.05) is 37.4 Å². The molecule has 0 fully saturated rings. The van der Waals surface area contributed by atoms with E-state index in [4.69, 9.17) is 19.9 Å². The van der Waals surface area contributed by atoms with E-state index in [2.05, 4.69) is 20.3 Å². The molecule has 0 spiro atoms. The summed E-state index contributed by atoms with van der Waals surface area (Å²) in [5.41, 5.74) is 6.67. The lowest BCUT2D eigenvalue weighted by Gasteiger charge is -2.15. The second-order valence-corrected chi connectivity index (χ2v) is 6.74. The summed E-state index contributed by atoms with van der Waals surface area (Å²) < 4.78 is 18.7. The smallest absolute Gasteiger partial charge is 0.281 e. The molecule has 162 valence electrons. The Hall–Kier alpha value is -3.50. The van der Waals surface area contributed by atoms with Crippen molar-refractivity contribution >= 4 is 22.6 Å². The molecule has 0 unspecified atom stereocenters. The molecular formula is C21H24N6O4. The van der Waals surface area contributed by atoms with Crippen LogP contribution in [0.2, 0.25) is 0 Å². The lowest BCUT2D eigenvalue weighted by molar-refractivity contribution is 0.0996. The highest BCUT2D eigenvalue weighted by molar-refractivity contribution is 5.96. The summed E-state index contributed by atoms with van der Waals surface area (Å²) in [5, 5.41) is 4.20. The van der Waals surface area contributed by atoms with Gasteiger partial charge < -0.3 is 25.3 Å². The first-order valence-electron chi connectivity index (χ1n) is 9.98. The highest BCUT2D eigenvalue weighted by Gasteiger charge is 2.20. The monoisotopic (exact) mass is 424 g/mol. The highest BCUT2D eigenvalue weighted by Crippen LogP contribution is 2.37. The normalized spacial score (nSPS) is 13.2. The second-order valence-electron chi connectivity index (χ2n) is 6.74. The maximum Gasteiger partial charge on any atom is 0.281 e. The number of rotatable bonds is 8. The van der Waals surface area contributed by atoms with Gasteiger partial charge in [-0.1, -0.05) is 0 Å². The number of methoxy groups -OCH3 is 1. The molecule has 3 aromatic rings. The first-order valence-corrected chi connectivity index (χ1v) is 9.98. The predicted molar refractivity (Wildman–Crippen MR) is 114 cm³/mol. The predicted octanol–water partition coefficient (Wildman–Crippen LogP) is 0.961. The Morgan fingerprint density at radius 2 is 2.19 bits per heavy atom. The molecule has 1 aromatic carbocycles. The molecule has 2 aromatic heterocycles. The Morgan fingerprint density at radius 3 is 2.97 bits per heavy atom. The van der Waals surface area contributed by atoms with Gasteiger partial charge in [-0.3, -0.25) is 14.3 Å². The number of carbonyl (C=O) groups excluding carboxylic acids is 1. The van der Waals surface area contributed by atoms with Crippen molar-refractivity contribution in [2.45, 2.75) is 6.54 Å². The van der Waals surface area contributed by atoms with Crippen molar-refractivity contribution in [3.05, 3.63) is 47.8 Å². The fraction of sp³-hybridized carbons (Fsp3) is 0.333. The fourth-order valence-corrected chi connectivity index (χ4v) is 3.39. The van der Waals surface area contributed by atoms with Crippen molar-refractivity contribution in [1.82, 2.24) is 14.5 Å². The Labute approximate surface area is 178 Å². The lowest BCUT2D eigenvalue weighted by atomic mass is 10.2. The summed E-state index contributed by atoms with van der Waals surface area (Å²) in [4.78, 5) is 25.5. The van der Waals surface area contributed by atoms with Gasteiger partial charge in [0.1, 0.15) is 17.9 Å².